The van der Waals surface area contributed by atoms with E-state index in [1.165, 1.54) is 24.5 Å². The maximum absolute atomic E-state index is 12.3. The van der Waals surface area contributed by atoms with Crippen LogP contribution in [0, 0.1) is 0 Å². The van der Waals surface area contributed by atoms with E-state index in [9.17, 15) is 17.2 Å². The minimum Gasteiger partial charge on any atom is -0.312 e. The Balaban J connectivity index is 2.86. The lowest BCUT2D eigenvalue weighted by Crippen LogP contribution is -2.32. The Morgan fingerprint density at radius 2 is 2.16 bits per heavy atom. The molecule has 0 aliphatic heterocycles. The topological polar surface area (TPSA) is 49.4 Å². The van der Waals surface area contributed by atoms with Crippen molar-refractivity contribution in [2.24, 2.45) is 0 Å². The summed E-state index contributed by atoms with van der Waals surface area (Å²) in [7, 11) is -2.67. The summed E-state index contributed by atoms with van der Waals surface area (Å²) in [5.41, 5.74) is 0. The molecule has 0 unspecified atom stereocenters. The van der Waals surface area contributed by atoms with Gasteiger partial charge < -0.3 is 5.32 Å². The fraction of sp³-hybridized carbons (Fsp3) is 0.636. The van der Waals surface area contributed by atoms with Crippen molar-refractivity contribution in [1.29, 1.82) is 0 Å². The van der Waals surface area contributed by atoms with E-state index in [0.29, 0.717) is 15.7 Å². The highest BCUT2D eigenvalue weighted by Crippen LogP contribution is 2.24. The molecule has 0 atom stereocenters. The maximum Gasteiger partial charge on any atom is 0.252 e. The van der Waals surface area contributed by atoms with Crippen molar-refractivity contribution in [2.45, 2.75) is 31.2 Å². The van der Waals surface area contributed by atoms with Gasteiger partial charge in [-0.1, -0.05) is 6.92 Å². The minimum absolute atomic E-state index is 0.115. The first-order valence-corrected chi connectivity index (χ1v) is 8.23. The lowest BCUT2D eigenvalue weighted by molar-refractivity contribution is 0.126. The van der Waals surface area contributed by atoms with Gasteiger partial charge in [0, 0.05) is 18.5 Å². The van der Waals surface area contributed by atoms with Crippen LogP contribution in [-0.2, 0) is 16.6 Å². The number of hydrogen-bond acceptors (Lipinski definition) is 4. The van der Waals surface area contributed by atoms with Crippen molar-refractivity contribution >= 4 is 21.4 Å². The monoisotopic (exact) mass is 312 g/mol. The standard InChI is InChI=1S/C11H18F2N2O2S2/c1-3-5-14-7-9-10(4-6-18-9)19(16,17)15(2)8-11(12)13/h4,6,11,14H,3,5,7-8H2,1-2H3. The molecule has 8 heteroatoms. The van der Waals surface area contributed by atoms with Crippen molar-refractivity contribution in [3.63, 3.8) is 0 Å². The third-order valence-electron chi connectivity index (χ3n) is 2.50. The van der Waals surface area contributed by atoms with E-state index in [2.05, 4.69) is 5.32 Å². The average molecular weight is 312 g/mol. The molecule has 1 rings (SSSR count). The summed E-state index contributed by atoms with van der Waals surface area (Å²) < 4.78 is 49.6. The Labute approximate surface area is 116 Å². The first-order chi connectivity index (χ1) is 8.89. The number of rotatable bonds is 8. The van der Waals surface area contributed by atoms with Crippen molar-refractivity contribution in [1.82, 2.24) is 9.62 Å². The molecule has 0 aliphatic rings. The number of thiophene rings is 1. The number of sulfonamides is 1. The molecule has 0 aromatic carbocycles. The number of nitrogens with one attached hydrogen (secondary N) is 1. The molecule has 0 bridgehead atoms. The zero-order chi connectivity index (χ0) is 14.5. The first kappa shape index (κ1) is 16.5. The van der Waals surface area contributed by atoms with Gasteiger partial charge in [0.1, 0.15) is 0 Å². The second-order valence-corrected chi connectivity index (χ2v) is 7.08. The van der Waals surface area contributed by atoms with Crippen LogP contribution in [0.3, 0.4) is 0 Å². The van der Waals surface area contributed by atoms with Gasteiger partial charge in [-0.2, -0.15) is 4.31 Å². The van der Waals surface area contributed by atoms with E-state index in [1.54, 1.807) is 5.38 Å². The molecule has 1 N–H and O–H groups in total. The fourth-order valence-electron chi connectivity index (χ4n) is 1.53. The maximum atomic E-state index is 12.3. The minimum atomic E-state index is -3.83. The molecule has 0 amide bonds. The van der Waals surface area contributed by atoms with Gasteiger partial charge in [0.05, 0.1) is 11.4 Å². The van der Waals surface area contributed by atoms with Gasteiger partial charge >= 0.3 is 0 Å². The lowest BCUT2D eigenvalue weighted by Gasteiger charge is -2.17. The third kappa shape index (κ3) is 4.48. The highest BCUT2D eigenvalue weighted by atomic mass is 32.2. The van der Waals surface area contributed by atoms with Gasteiger partial charge in [-0.3, -0.25) is 0 Å². The van der Waals surface area contributed by atoms with Gasteiger partial charge in [-0.25, -0.2) is 17.2 Å². The summed E-state index contributed by atoms with van der Waals surface area (Å²) >= 11 is 1.31. The van der Waals surface area contributed by atoms with Crippen LogP contribution in [0.5, 0.6) is 0 Å². The Kier molecular flexibility index (Phi) is 6.31. The Morgan fingerprint density at radius 3 is 2.74 bits per heavy atom. The van der Waals surface area contributed by atoms with Crippen LogP contribution >= 0.6 is 11.3 Å². The average Bonchev–Trinajstić information content (AvgIpc) is 2.77. The van der Waals surface area contributed by atoms with E-state index >= 15 is 0 Å². The molecule has 0 saturated carbocycles. The molecule has 19 heavy (non-hydrogen) atoms. The number of nitrogens with zero attached hydrogens (tertiary/aromatic N) is 1. The van der Waals surface area contributed by atoms with Crippen molar-refractivity contribution in [2.75, 3.05) is 20.1 Å². The predicted molar refractivity (Wildman–Crippen MR) is 72.1 cm³/mol. The predicted octanol–water partition coefficient (Wildman–Crippen LogP) is 2.13. The van der Waals surface area contributed by atoms with Crippen LogP contribution in [-0.4, -0.2) is 39.3 Å². The van der Waals surface area contributed by atoms with Gasteiger partial charge in [-0.05, 0) is 24.4 Å². The van der Waals surface area contributed by atoms with Gasteiger partial charge in [0.15, 0.2) is 0 Å². The fourth-order valence-corrected chi connectivity index (χ4v) is 4.06. The lowest BCUT2D eigenvalue weighted by atomic mass is 10.4. The second-order valence-electron chi connectivity index (χ2n) is 4.06. The molecule has 1 aromatic rings. The Morgan fingerprint density at radius 1 is 1.47 bits per heavy atom. The normalized spacial score (nSPS) is 12.5. The Bertz CT molecular complexity index is 489. The summed E-state index contributed by atoms with van der Waals surface area (Å²) in [6.45, 7) is 2.43. The molecule has 0 spiro atoms. The van der Waals surface area contributed by atoms with Crippen LogP contribution in [0.2, 0.25) is 0 Å². The van der Waals surface area contributed by atoms with Crippen molar-refractivity contribution in [3.05, 3.63) is 16.3 Å². The van der Waals surface area contributed by atoms with E-state index in [1.807, 2.05) is 6.92 Å². The largest absolute Gasteiger partial charge is 0.312 e. The Hall–Kier alpha value is -0.570. The van der Waals surface area contributed by atoms with Crippen LogP contribution in [0.15, 0.2) is 16.3 Å². The molecule has 110 valence electrons. The highest BCUT2D eigenvalue weighted by Gasteiger charge is 2.26. The summed E-state index contributed by atoms with van der Waals surface area (Å²) in [5, 5.41) is 4.77. The zero-order valence-electron chi connectivity index (χ0n) is 10.9. The van der Waals surface area contributed by atoms with Crippen LogP contribution in [0.25, 0.3) is 0 Å². The molecule has 4 nitrogen and oxygen atoms in total. The van der Waals surface area contributed by atoms with E-state index < -0.39 is 23.0 Å². The van der Waals surface area contributed by atoms with Crippen LogP contribution in [0.4, 0.5) is 8.78 Å². The third-order valence-corrected chi connectivity index (χ3v) is 5.46. The van der Waals surface area contributed by atoms with E-state index in [-0.39, 0.29) is 4.90 Å². The molecule has 1 heterocycles. The molecular weight excluding hydrogens is 294 g/mol. The molecule has 1 aromatic heterocycles. The molecular formula is C11H18F2N2O2S2. The van der Waals surface area contributed by atoms with Crippen molar-refractivity contribution in [3.8, 4) is 0 Å². The van der Waals surface area contributed by atoms with Gasteiger partial charge in [0.2, 0.25) is 10.0 Å². The first-order valence-electron chi connectivity index (χ1n) is 5.91. The summed E-state index contributed by atoms with van der Waals surface area (Å²) in [6, 6.07) is 1.46. The summed E-state index contributed by atoms with van der Waals surface area (Å²) in [5.74, 6) is 0. The number of hydrogen-bond donors (Lipinski definition) is 1. The SMILES string of the molecule is CCCNCc1sccc1S(=O)(=O)N(C)CC(F)F. The highest BCUT2D eigenvalue weighted by molar-refractivity contribution is 7.89. The van der Waals surface area contributed by atoms with E-state index in [4.69, 9.17) is 0 Å². The molecule has 0 fully saturated rings. The van der Waals surface area contributed by atoms with Gasteiger partial charge in [-0.15, -0.1) is 11.3 Å². The number of halogens is 2. The summed E-state index contributed by atoms with van der Waals surface area (Å²) in [6.07, 6.45) is -1.74. The smallest absolute Gasteiger partial charge is 0.252 e. The second kappa shape index (κ2) is 7.28. The summed E-state index contributed by atoms with van der Waals surface area (Å²) in [4.78, 5) is 0.763. The van der Waals surface area contributed by atoms with Crippen LogP contribution < -0.4 is 5.32 Å². The molecule has 0 aliphatic carbocycles. The van der Waals surface area contributed by atoms with Crippen LogP contribution in [0.1, 0.15) is 18.2 Å². The molecule has 0 radical (unpaired) electrons. The zero-order valence-corrected chi connectivity index (χ0v) is 12.5. The molecule has 0 saturated heterocycles. The quantitative estimate of drug-likeness (QED) is 0.748. The van der Waals surface area contributed by atoms with Crippen molar-refractivity contribution < 1.29 is 17.2 Å². The van der Waals surface area contributed by atoms with Gasteiger partial charge in [0.25, 0.3) is 6.43 Å². The number of alkyl halides is 2. The van der Waals surface area contributed by atoms with E-state index in [0.717, 1.165) is 13.0 Å².